The second-order valence-corrected chi connectivity index (χ2v) is 7.69. The molecule has 1 fully saturated rings. The summed E-state index contributed by atoms with van der Waals surface area (Å²) in [6.45, 7) is 4.71. The highest BCUT2D eigenvalue weighted by Crippen LogP contribution is 2.17. The highest BCUT2D eigenvalue weighted by molar-refractivity contribution is 5.97. The number of carbonyl (C=O) groups excluding carboxylic acids is 1. The number of carbonyl (C=O) groups is 1. The highest BCUT2D eigenvalue weighted by atomic mass is 16.1. The number of benzene rings is 1. The summed E-state index contributed by atoms with van der Waals surface area (Å²) in [7, 11) is 0. The van der Waals surface area contributed by atoms with Crippen molar-refractivity contribution in [2.24, 2.45) is 0 Å². The van der Waals surface area contributed by atoms with Crippen LogP contribution in [0, 0.1) is 6.92 Å². The van der Waals surface area contributed by atoms with Crippen LogP contribution >= 0.6 is 0 Å². The summed E-state index contributed by atoms with van der Waals surface area (Å²) in [6, 6.07) is 8.91. The molecule has 0 aliphatic carbocycles. The third-order valence-corrected chi connectivity index (χ3v) is 5.58. The molecule has 1 aliphatic rings. The molecule has 1 saturated heterocycles. The van der Waals surface area contributed by atoms with Crippen LogP contribution in [-0.4, -0.2) is 56.2 Å². The highest BCUT2D eigenvalue weighted by Gasteiger charge is 2.23. The van der Waals surface area contributed by atoms with Gasteiger partial charge in [-0.25, -0.2) is 4.68 Å². The molecular weight excluding hydrogens is 380 g/mol. The topological polar surface area (TPSA) is 93.0 Å². The van der Waals surface area contributed by atoms with Gasteiger partial charge in [0.25, 0.3) is 11.5 Å². The Labute approximate surface area is 175 Å². The second-order valence-electron chi connectivity index (χ2n) is 7.69. The second kappa shape index (κ2) is 9.13. The van der Waals surface area contributed by atoms with Crippen molar-refractivity contribution >= 4 is 16.9 Å². The van der Waals surface area contributed by atoms with E-state index in [4.69, 9.17) is 0 Å². The number of piperidine rings is 1. The van der Waals surface area contributed by atoms with Gasteiger partial charge in [0.15, 0.2) is 0 Å². The molecule has 1 unspecified atom stereocenters. The molecule has 1 atom stereocenters. The van der Waals surface area contributed by atoms with Crippen LogP contribution in [0.1, 0.15) is 35.3 Å². The van der Waals surface area contributed by atoms with Gasteiger partial charge in [0.1, 0.15) is 0 Å². The molecule has 3 heterocycles. The van der Waals surface area contributed by atoms with Crippen molar-refractivity contribution in [2.75, 3.05) is 19.6 Å². The lowest BCUT2D eigenvalue weighted by molar-refractivity contribution is 0.0909. The predicted octanol–water partition coefficient (Wildman–Crippen LogP) is 1.78. The van der Waals surface area contributed by atoms with Gasteiger partial charge in [0, 0.05) is 43.2 Å². The molecule has 1 aromatic carbocycles. The maximum Gasteiger partial charge on any atom is 0.266 e. The Hall–Kier alpha value is -3.13. The minimum atomic E-state index is -0.107. The number of nitrogens with one attached hydrogen (secondary N) is 1. The van der Waals surface area contributed by atoms with E-state index in [1.165, 1.54) is 4.68 Å². The van der Waals surface area contributed by atoms with E-state index in [-0.39, 0.29) is 17.5 Å². The Morgan fingerprint density at radius 2 is 1.93 bits per heavy atom. The van der Waals surface area contributed by atoms with Crippen molar-refractivity contribution in [1.29, 1.82) is 0 Å². The fourth-order valence-corrected chi connectivity index (χ4v) is 3.94. The lowest BCUT2D eigenvalue weighted by Gasteiger charge is -2.35. The van der Waals surface area contributed by atoms with Gasteiger partial charge in [-0.05, 0) is 50.6 Å². The van der Waals surface area contributed by atoms with Crippen molar-refractivity contribution in [3.8, 4) is 0 Å². The van der Waals surface area contributed by atoms with Crippen molar-refractivity contribution in [2.45, 2.75) is 38.8 Å². The number of rotatable bonds is 6. The average molecular weight is 406 g/mol. The Kier molecular flexibility index (Phi) is 6.13. The SMILES string of the molecule is Cc1ccc(=O)n(CCN2CCCCC2CNC(=O)c2ccc3nccnc3c2)n1. The lowest BCUT2D eigenvalue weighted by atomic mass is 10.0. The van der Waals surface area contributed by atoms with Crippen LogP contribution in [0.25, 0.3) is 11.0 Å². The van der Waals surface area contributed by atoms with Crippen molar-refractivity contribution in [3.05, 3.63) is 64.3 Å². The Bertz CT molecular complexity index is 1100. The van der Waals surface area contributed by atoms with Crippen LogP contribution in [0.5, 0.6) is 0 Å². The zero-order valence-electron chi connectivity index (χ0n) is 17.1. The van der Waals surface area contributed by atoms with Crippen LogP contribution in [0.15, 0.2) is 47.5 Å². The molecule has 3 aromatic rings. The first kappa shape index (κ1) is 20.2. The predicted molar refractivity (Wildman–Crippen MR) is 114 cm³/mol. The summed E-state index contributed by atoms with van der Waals surface area (Å²) in [4.78, 5) is 35.5. The molecule has 1 N–H and O–H groups in total. The van der Waals surface area contributed by atoms with Gasteiger partial charge in [0.05, 0.1) is 23.3 Å². The molecule has 1 aliphatic heterocycles. The maximum absolute atomic E-state index is 12.7. The first-order valence-electron chi connectivity index (χ1n) is 10.4. The molecule has 156 valence electrons. The van der Waals surface area contributed by atoms with Crippen LogP contribution in [0.2, 0.25) is 0 Å². The number of fused-ring (bicyclic) bond motifs is 1. The molecule has 4 rings (SSSR count). The fraction of sp³-hybridized carbons (Fsp3) is 0.409. The smallest absolute Gasteiger partial charge is 0.266 e. The van der Waals surface area contributed by atoms with Crippen molar-refractivity contribution in [1.82, 2.24) is 30.0 Å². The molecule has 1 amide bonds. The first-order chi connectivity index (χ1) is 14.6. The number of aryl methyl sites for hydroxylation is 1. The quantitative estimate of drug-likeness (QED) is 0.671. The minimum Gasteiger partial charge on any atom is -0.350 e. The molecule has 0 radical (unpaired) electrons. The Morgan fingerprint density at radius 1 is 1.10 bits per heavy atom. The van der Waals surface area contributed by atoms with Gasteiger partial charge >= 0.3 is 0 Å². The largest absolute Gasteiger partial charge is 0.350 e. The third-order valence-electron chi connectivity index (χ3n) is 5.58. The summed E-state index contributed by atoms with van der Waals surface area (Å²) in [5.74, 6) is -0.107. The first-order valence-corrected chi connectivity index (χ1v) is 10.4. The summed E-state index contributed by atoms with van der Waals surface area (Å²) >= 11 is 0. The molecule has 0 saturated carbocycles. The molecule has 2 aromatic heterocycles. The number of nitrogens with zero attached hydrogens (tertiary/aromatic N) is 5. The molecule has 30 heavy (non-hydrogen) atoms. The number of aromatic nitrogens is 4. The summed E-state index contributed by atoms with van der Waals surface area (Å²) < 4.78 is 1.52. The molecule has 8 nitrogen and oxygen atoms in total. The lowest BCUT2D eigenvalue weighted by Crippen LogP contribution is -2.48. The summed E-state index contributed by atoms with van der Waals surface area (Å²) in [5.41, 5.74) is 2.81. The normalized spacial score (nSPS) is 17.2. The molecule has 0 bridgehead atoms. The van der Waals surface area contributed by atoms with Crippen LogP contribution < -0.4 is 10.9 Å². The van der Waals surface area contributed by atoms with Crippen molar-refractivity contribution < 1.29 is 4.79 Å². The van der Waals surface area contributed by atoms with E-state index >= 15 is 0 Å². The Balaban J connectivity index is 1.37. The minimum absolute atomic E-state index is 0.0816. The maximum atomic E-state index is 12.7. The third kappa shape index (κ3) is 4.71. The molecular formula is C22H26N6O2. The standard InChI is InChI=1S/C22H26N6O2/c1-16-5-8-21(29)28(26-16)13-12-27-11-3-2-4-18(27)15-25-22(30)17-6-7-19-20(14-17)24-10-9-23-19/h5-10,14,18H,2-4,11-13,15H2,1H3,(H,25,30). The summed E-state index contributed by atoms with van der Waals surface area (Å²) in [5, 5.41) is 7.39. The zero-order chi connectivity index (χ0) is 20.9. The van der Waals surface area contributed by atoms with Gasteiger partial charge in [-0.15, -0.1) is 0 Å². The number of amides is 1. The molecule has 8 heteroatoms. The van der Waals surface area contributed by atoms with E-state index in [1.54, 1.807) is 36.7 Å². The van der Waals surface area contributed by atoms with Gasteiger partial charge < -0.3 is 5.32 Å². The van der Waals surface area contributed by atoms with Crippen LogP contribution in [0.3, 0.4) is 0 Å². The fourth-order valence-electron chi connectivity index (χ4n) is 3.94. The van der Waals surface area contributed by atoms with E-state index in [2.05, 4.69) is 25.3 Å². The molecule has 0 spiro atoms. The van der Waals surface area contributed by atoms with Gasteiger partial charge in [0.2, 0.25) is 0 Å². The van der Waals surface area contributed by atoms with Gasteiger partial charge in [-0.1, -0.05) is 6.42 Å². The van der Waals surface area contributed by atoms with Gasteiger partial charge in [-0.3, -0.25) is 24.5 Å². The number of likely N-dealkylation sites (tertiary alicyclic amines) is 1. The van der Waals surface area contributed by atoms with Crippen LogP contribution in [0.4, 0.5) is 0 Å². The van der Waals surface area contributed by atoms with E-state index in [1.807, 2.05) is 13.0 Å². The Morgan fingerprint density at radius 3 is 2.80 bits per heavy atom. The van der Waals surface area contributed by atoms with E-state index < -0.39 is 0 Å². The number of hydrogen-bond donors (Lipinski definition) is 1. The average Bonchev–Trinajstić information content (AvgIpc) is 2.78. The number of hydrogen-bond acceptors (Lipinski definition) is 6. The van der Waals surface area contributed by atoms with Crippen LogP contribution in [-0.2, 0) is 6.54 Å². The van der Waals surface area contributed by atoms with E-state index in [0.717, 1.165) is 43.6 Å². The summed E-state index contributed by atoms with van der Waals surface area (Å²) in [6.07, 6.45) is 6.56. The van der Waals surface area contributed by atoms with Crippen molar-refractivity contribution in [3.63, 3.8) is 0 Å². The van der Waals surface area contributed by atoms with Gasteiger partial charge in [-0.2, -0.15) is 5.10 Å². The monoisotopic (exact) mass is 406 g/mol. The van der Waals surface area contributed by atoms with E-state index in [0.29, 0.717) is 24.2 Å². The van der Waals surface area contributed by atoms with E-state index in [9.17, 15) is 9.59 Å². The zero-order valence-corrected chi connectivity index (χ0v) is 17.1.